The van der Waals surface area contributed by atoms with Crippen molar-refractivity contribution in [1.29, 1.82) is 0 Å². The Hall–Kier alpha value is -1.54. The minimum Gasteiger partial charge on any atom is -0.324 e. The largest absolute Gasteiger partial charge is 0.324 e. The SMILES string of the molecule is CCCCCCCC[N+](CCCCCCCC)(CCCCCCCC)CCCCCCCC.CCCC[B-](CCCC)(c1ccccc1)c1ccccc1. The van der Waals surface area contributed by atoms with Gasteiger partial charge in [-0.25, -0.2) is 10.9 Å². The van der Waals surface area contributed by atoms with Crippen LogP contribution in [-0.4, -0.2) is 36.8 Å². The number of rotatable bonds is 36. The molecule has 0 atom stereocenters. The fourth-order valence-electron chi connectivity index (χ4n) is 9.33. The molecule has 0 radical (unpaired) electrons. The van der Waals surface area contributed by atoms with Gasteiger partial charge in [-0.1, -0.05) is 231 Å². The summed E-state index contributed by atoms with van der Waals surface area (Å²) in [6, 6.07) is 22.5. The molecule has 2 rings (SSSR count). The summed E-state index contributed by atoms with van der Waals surface area (Å²) in [4.78, 5) is 0. The molecule has 0 spiro atoms. The topological polar surface area (TPSA) is 0 Å². The van der Waals surface area contributed by atoms with Crippen molar-refractivity contribution in [2.75, 3.05) is 26.2 Å². The van der Waals surface area contributed by atoms with Gasteiger partial charge in [-0.05, 0) is 51.4 Å². The lowest BCUT2D eigenvalue weighted by molar-refractivity contribution is -0.929. The second kappa shape index (κ2) is 35.8. The molecule has 0 aromatic heterocycles. The lowest BCUT2D eigenvalue weighted by atomic mass is 9.15. The monoisotopic (exact) mass is 746 g/mol. The number of hydrogen-bond donors (Lipinski definition) is 0. The maximum atomic E-state index is 2.35. The van der Waals surface area contributed by atoms with Gasteiger partial charge in [-0.15, -0.1) is 0 Å². The highest BCUT2D eigenvalue weighted by Gasteiger charge is 2.27. The fourth-order valence-corrected chi connectivity index (χ4v) is 9.33. The van der Waals surface area contributed by atoms with E-state index in [2.05, 4.69) is 102 Å². The summed E-state index contributed by atoms with van der Waals surface area (Å²) >= 11 is 0. The molecule has 1 nitrogen and oxygen atoms in total. The minimum absolute atomic E-state index is 0.611. The molecule has 2 heteroatoms. The summed E-state index contributed by atoms with van der Waals surface area (Å²) in [6.45, 7) is 19.9. The molecule has 0 aliphatic heterocycles. The van der Waals surface area contributed by atoms with Gasteiger partial charge in [0.1, 0.15) is 0 Å². The Bertz CT molecular complexity index is 900. The van der Waals surface area contributed by atoms with Gasteiger partial charge in [-0.2, -0.15) is 12.6 Å². The van der Waals surface area contributed by atoms with Crippen LogP contribution in [0, 0.1) is 0 Å². The van der Waals surface area contributed by atoms with Crippen LogP contribution in [0.2, 0.25) is 12.6 Å². The summed E-state index contributed by atoms with van der Waals surface area (Å²) < 4.78 is 1.48. The van der Waals surface area contributed by atoms with Gasteiger partial charge in [0.05, 0.1) is 32.3 Å². The van der Waals surface area contributed by atoms with E-state index in [1.165, 1.54) is 223 Å². The Morgan fingerprint density at radius 2 is 0.537 bits per heavy atom. The number of quaternary nitrogens is 1. The lowest BCUT2D eigenvalue weighted by Gasteiger charge is -2.42. The van der Waals surface area contributed by atoms with Crippen molar-refractivity contribution in [1.82, 2.24) is 0 Å². The van der Waals surface area contributed by atoms with Crippen LogP contribution in [0.4, 0.5) is 0 Å². The molecule has 0 unspecified atom stereocenters. The first-order valence-corrected chi connectivity index (χ1v) is 24.7. The van der Waals surface area contributed by atoms with Crippen molar-refractivity contribution in [2.24, 2.45) is 0 Å². The highest BCUT2D eigenvalue weighted by molar-refractivity contribution is 7.02. The van der Waals surface area contributed by atoms with E-state index in [4.69, 9.17) is 0 Å². The van der Waals surface area contributed by atoms with Crippen molar-refractivity contribution in [3.63, 3.8) is 0 Å². The molecular weight excluding hydrogens is 649 g/mol. The van der Waals surface area contributed by atoms with Crippen molar-refractivity contribution in [3.8, 4) is 0 Å². The highest BCUT2D eigenvalue weighted by Crippen LogP contribution is 2.23. The van der Waals surface area contributed by atoms with Gasteiger partial charge >= 0.3 is 0 Å². The minimum atomic E-state index is -0.611. The molecule has 0 saturated heterocycles. The van der Waals surface area contributed by atoms with E-state index < -0.39 is 6.15 Å². The smallest absolute Gasteiger partial charge is 0.0786 e. The van der Waals surface area contributed by atoms with E-state index >= 15 is 0 Å². The summed E-state index contributed by atoms with van der Waals surface area (Å²) in [5.41, 5.74) is 3.09. The van der Waals surface area contributed by atoms with Crippen LogP contribution in [0.5, 0.6) is 0 Å². The summed E-state index contributed by atoms with van der Waals surface area (Å²) in [7, 11) is 0. The van der Waals surface area contributed by atoms with Crippen LogP contribution >= 0.6 is 0 Å². The Balaban J connectivity index is 0.000000591. The number of unbranched alkanes of at least 4 members (excludes halogenated alkanes) is 22. The zero-order chi connectivity index (χ0) is 39.3. The van der Waals surface area contributed by atoms with Crippen molar-refractivity contribution >= 4 is 17.1 Å². The van der Waals surface area contributed by atoms with E-state index in [1.54, 1.807) is 10.9 Å². The van der Waals surface area contributed by atoms with Gasteiger partial charge in [-0.3, -0.25) is 0 Å². The Kier molecular flexibility index (Phi) is 33.5. The number of nitrogens with zero attached hydrogens (tertiary/aromatic N) is 1. The Morgan fingerprint density at radius 3 is 0.796 bits per heavy atom. The predicted octanol–water partition coefficient (Wildman–Crippen LogP) is 16.1. The summed E-state index contributed by atoms with van der Waals surface area (Å²) in [5.74, 6) is 0. The van der Waals surface area contributed by atoms with Crippen molar-refractivity contribution in [2.45, 2.75) is 234 Å². The predicted molar refractivity (Wildman–Crippen MR) is 251 cm³/mol. The van der Waals surface area contributed by atoms with Crippen LogP contribution in [-0.2, 0) is 0 Å². The molecule has 0 amide bonds. The zero-order valence-corrected chi connectivity index (χ0v) is 37.8. The molecular formula is C52H96BN. The molecule has 0 aliphatic carbocycles. The molecule has 54 heavy (non-hydrogen) atoms. The van der Waals surface area contributed by atoms with Crippen LogP contribution in [0.1, 0.15) is 221 Å². The maximum Gasteiger partial charge on any atom is 0.0786 e. The van der Waals surface area contributed by atoms with E-state index in [0.29, 0.717) is 0 Å². The highest BCUT2D eigenvalue weighted by atomic mass is 15.3. The number of hydrogen-bond acceptors (Lipinski definition) is 0. The molecule has 0 N–H and O–H groups in total. The fraction of sp³-hybridized carbons (Fsp3) is 0.769. The summed E-state index contributed by atoms with van der Waals surface area (Å²) in [5, 5.41) is 0. The third kappa shape index (κ3) is 23.5. The third-order valence-corrected chi connectivity index (χ3v) is 12.9. The van der Waals surface area contributed by atoms with Gasteiger partial charge in [0, 0.05) is 0 Å². The average Bonchev–Trinajstić information content (AvgIpc) is 3.21. The van der Waals surface area contributed by atoms with E-state index in [1.807, 2.05) is 0 Å². The van der Waals surface area contributed by atoms with Gasteiger partial charge in [0.2, 0.25) is 0 Å². The van der Waals surface area contributed by atoms with Gasteiger partial charge in [0.15, 0.2) is 0 Å². The molecule has 2 aromatic rings. The van der Waals surface area contributed by atoms with E-state index in [0.717, 1.165) is 0 Å². The van der Waals surface area contributed by atoms with Gasteiger partial charge in [0.25, 0.3) is 0 Å². The quantitative estimate of drug-likeness (QED) is 0.0370. The average molecular weight is 746 g/mol. The molecule has 0 aliphatic rings. The normalized spacial score (nSPS) is 11.8. The molecule has 0 heterocycles. The Labute approximate surface area is 341 Å². The number of benzene rings is 2. The zero-order valence-electron chi connectivity index (χ0n) is 37.8. The standard InChI is InChI=1S/C32H68N.C20H28B/c1-5-9-13-17-21-25-29-33(30-26-22-18-14-10-6-2,31-27-23-19-15-11-7-3)32-28-24-20-16-12-8-4;1-3-5-17-21(18-6-4-2,19-13-9-7-10-14-19)20-15-11-8-12-16-20/h5-32H2,1-4H3;7-16H,3-6,17-18H2,1-2H3/q+1;-1. The van der Waals surface area contributed by atoms with E-state index in [-0.39, 0.29) is 0 Å². The van der Waals surface area contributed by atoms with Crippen LogP contribution in [0.3, 0.4) is 0 Å². The van der Waals surface area contributed by atoms with Crippen LogP contribution in [0.25, 0.3) is 0 Å². The van der Waals surface area contributed by atoms with E-state index in [9.17, 15) is 0 Å². The van der Waals surface area contributed by atoms with Crippen LogP contribution < -0.4 is 10.9 Å². The third-order valence-electron chi connectivity index (χ3n) is 12.9. The second-order valence-corrected chi connectivity index (χ2v) is 17.7. The first-order valence-electron chi connectivity index (χ1n) is 24.7. The maximum absolute atomic E-state index is 2.35. The second-order valence-electron chi connectivity index (χ2n) is 17.7. The van der Waals surface area contributed by atoms with Crippen LogP contribution in [0.15, 0.2) is 60.7 Å². The molecule has 0 saturated carbocycles. The first-order chi connectivity index (χ1) is 26.6. The molecule has 312 valence electrons. The lowest BCUT2D eigenvalue weighted by Crippen LogP contribution is -2.58. The molecule has 0 bridgehead atoms. The molecule has 0 fully saturated rings. The van der Waals surface area contributed by atoms with Crippen molar-refractivity contribution in [3.05, 3.63) is 60.7 Å². The first kappa shape index (κ1) is 50.5. The summed E-state index contributed by atoms with van der Waals surface area (Å²) in [6.07, 6.45) is 41.9. The molecule has 2 aromatic carbocycles. The van der Waals surface area contributed by atoms with Gasteiger partial charge < -0.3 is 4.48 Å². The Morgan fingerprint density at radius 1 is 0.296 bits per heavy atom. The van der Waals surface area contributed by atoms with Crippen molar-refractivity contribution < 1.29 is 4.48 Å².